The third-order valence-corrected chi connectivity index (χ3v) is 6.94. The number of nitrogens with zero attached hydrogens (tertiary/aromatic N) is 1. The van der Waals surface area contributed by atoms with Gasteiger partial charge in [0.1, 0.15) is 6.61 Å². The summed E-state index contributed by atoms with van der Waals surface area (Å²) in [5.41, 5.74) is 7.94. The van der Waals surface area contributed by atoms with Gasteiger partial charge >= 0.3 is 6.18 Å². The SMILES string of the molecule is C=C1NCCC1CCNCCOc1ccc(/C(=C(/CC(F)(F)F)c2ccccc2)c2ccc(N)c(C(=N)F)c2)cn1. The van der Waals surface area contributed by atoms with Crippen molar-refractivity contribution in [3.05, 3.63) is 101 Å². The van der Waals surface area contributed by atoms with E-state index in [1.807, 2.05) is 0 Å². The Balaban J connectivity index is 1.59. The number of hydrogen-bond donors (Lipinski definition) is 4. The molecule has 1 unspecified atom stereocenters. The summed E-state index contributed by atoms with van der Waals surface area (Å²) in [6, 6.07) is 15.6. The molecule has 1 aliphatic heterocycles. The molecule has 0 saturated carbocycles. The molecular weight excluding hydrogens is 534 g/mol. The molecule has 1 atom stereocenters. The lowest BCUT2D eigenvalue weighted by Crippen LogP contribution is -2.24. The van der Waals surface area contributed by atoms with Gasteiger partial charge in [0, 0.05) is 48.2 Å². The van der Waals surface area contributed by atoms with Crippen LogP contribution in [0.2, 0.25) is 0 Å². The number of nitrogens with two attached hydrogens (primary N) is 1. The predicted molar refractivity (Wildman–Crippen MR) is 154 cm³/mol. The number of anilines is 1. The van der Waals surface area contributed by atoms with Gasteiger partial charge in [-0.05, 0) is 59.9 Å². The van der Waals surface area contributed by atoms with E-state index in [0.29, 0.717) is 36.1 Å². The van der Waals surface area contributed by atoms with E-state index in [2.05, 4.69) is 22.2 Å². The van der Waals surface area contributed by atoms with Crippen LogP contribution in [0.25, 0.3) is 11.1 Å². The monoisotopic (exact) mass is 567 g/mol. The summed E-state index contributed by atoms with van der Waals surface area (Å²) in [6.07, 6.45) is -2.23. The summed E-state index contributed by atoms with van der Waals surface area (Å²) in [5.74, 6) is -0.476. The molecule has 216 valence electrons. The Morgan fingerprint density at radius 2 is 1.83 bits per heavy atom. The van der Waals surface area contributed by atoms with Gasteiger partial charge in [0.05, 0.1) is 12.0 Å². The first-order valence-corrected chi connectivity index (χ1v) is 13.3. The van der Waals surface area contributed by atoms with Crippen molar-refractivity contribution in [2.45, 2.75) is 25.4 Å². The largest absolute Gasteiger partial charge is 0.476 e. The van der Waals surface area contributed by atoms with E-state index >= 15 is 0 Å². The quantitative estimate of drug-likeness (QED) is 0.0673. The third kappa shape index (κ3) is 8.17. The second kappa shape index (κ2) is 13.5. The van der Waals surface area contributed by atoms with E-state index in [0.717, 1.165) is 31.6 Å². The van der Waals surface area contributed by atoms with Gasteiger partial charge in [-0.15, -0.1) is 0 Å². The molecular formula is C31H33F4N5O. The fourth-order valence-corrected chi connectivity index (χ4v) is 4.88. The highest BCUT2D eigenvalue weighted by Crippen LogP contribution is 2.40. The van der Waals surface area contributed by atoms with Crippen LogP contribution in [-0.4, -0.2) is 43.4 Å². The Kier molecular flexibility index (Phi) is 9.78. The molecule has 1 aromatic heterocycles. The predicted octanol–water partition coefficient (Wildman–Crippen LogP) is 6.35. The van der Waals surface area contributed by atoms with Crippen molar-refractivity contribution >= 4 is 22.8 Å². The summed E-state index contributed by atoms with van der Waals surface area (Å²) >= 11 is 0. The first-order valence-electron chi connectivity index (χ1n) is 13.3. The minimum atomic E-state index is -4.52. The van der Waals surface area contributed by atoms with Crippen molar-refractivity contribution in [2.24, 2.45) is 5.92 Å². The number of allylic oxidation sites excluding steroid dienone is 2. The lowest BCUT2D eigenvalue weighted by atomic mass is 9.87. The Morgan fingerprint density at radius 3 is 2.46 bits per heavy atom. The van der Waals surface area contributed by atoms with E-state index in [-0.39, 0.29) is 28.0 Å². The number of ether oxygens (including phenoxy) is 1. The number of pyridine rings is 1. The van der Waals surface area contributed by atoms with Gasteiger partial charge in [-0.1, -0.05) is 43.0 Å². The highest BCUT2D eigenvalue weighted by Gasteiger charge is 2.32. The van der Waals surface area contributed by atoms with Crippen molar-refractivity contribution < 1.29 is 22.3 Å². The molecule has 3 aromatic rings. The number of alkyl halides is 3. The van der Waals surface area contributed by atoms with Crippen molar-refractivity contribution in [2.75, 3.05) is 32.0 Å². The second-order valence-electron chi connectivity index (χ2n) is 9.84. The van der Waals surface area contributed by atoms with Gasteiger partial charge in [-0.25, -0.2) is 4.98 Å². The van der Waals surface area contributed by atoms with Crippen LogP contribution in [-0.2, 0) is 0 Å². The summed E-state index contributed by atoms with van der Waals surface area (Å²) in [4.78, 5) is 4.34. The molecule has 10 heteroatoms. The maximum atomic E-state index is 13.9. The molecule has 6 nitrogen and oxygen atoms in total. The molecule has 0 amide bonds. The van der Waals surface area contributed by atoms with Crippen LogP contribution in [0.1, 0.15) is 41.5 Å². The second-order valence-corrected chi connectivity index (χ2v) is 9.84. The van der Waals surface area contributed by atoms with Crippen molar-refractivity contribution in [1.29, 1.82) is 5.41 Å². The molecule has 0 spiro atoms. The fourth-order valence-electron chi connectivity index (χ4n) is 4.88. The van der Waals surface area contributed by atoms with E-state index in [1.165, 1.54) is 24.4 Å². The Bertz CT molecular complexity index is 1390. The van der Waals surface area contributed by atoms with Gasteiger partial charge in [-0.2, -0.15) is 17.6 Å². The molecule has 41 heavy (non-hydrogen) atoms. The van der Waals surface area contributed by atoms with Crippen LogP contribution in [0.4, 0.5) is 23.2 Å². The molecule has 4 rings (SSSR count). The highest BCUT2D eigenvalue weighted by molar-refractivity contribution is 6.02. The smallest absolute Gasteiger partial charge is 0.393 e. The molecule has 1 saturated heterocycles. The Morgan fingerprint density at radius 1 is 1.07 bits per heavy atom. The number of halogens is 4. The molecule has 2 aromatic carbocycles. The minimum absolute atomic E-state index is 0.0120. The zero-order valence-electron chi connectivity index (χ0n) is 22.5. The number of benzene rings is 2. The molecule has 1 aliphatic rings. The standard InChI is InChI=1S/C31H33F4N5O/c1-20-21(12-14-39-20)11-13-38-15-16-41-28-10-8-24(19-40-28)29(23-7-9-27(36)25(17-23)30(32)37)26(18-31(33,34)35)22-5-3-2-4-6-22/h2-10,17,19,21,37-39H,1,11-16,18,36H2/b29-26-,37-30?. The van der Waals surface area contributed by atoms with E-state index in [4.69, 9.17) is 15.9 Å². The Labute approximate surface area is 236 Å². The molecule has 1 fully saturated rings. The zero-order chi connectivity index (χ0) is 29.4. The van der Waals surface area contributed by atoms with E-state index in [1.54, 1.807) is 42.5 Å². The van der Waals surface area contributed by atoms with Crippen LogP contribution in [0.15, 0.2) is 79.1 Å². The lowest BCUT2D eigenvalue weighted by molar-refractivity contribution is -0.122. The minimum Gasteiger partial charge on any atom is -0.476 e. The summed E-state index contributed by atoms with van der Waals surface area (Å²) in [5, 5.41) is 14.0. The number of nitrogen functional groups attached to an aromatic ring is 1. The maximum absolute atomic E-state index is 13.9. The van der Waals surface area contributed by atoms with E-state index in [9.17, 15) is 17.6 Å². The average Bonchev–Trinajstić information content (AvgIpc) is 3.35. The number of hydrogen-bond acceptors (Lipinski definition) is 6. The fraction of sp³-hybridized carbons (Fsp3) is 0.290. The van der Waals surface area contributed by atoms with Gasteiger partial charge < -0.3 is 21.1 Å². The van der Waals surface area contributed by atoms with Crippen LogP contribution < -0.4 is 21.1 Å². The normalized spacial score (nSPS) is 15.8. The third-order valence-electron chi connectivity index (χ3n) is 6.94. The summed E-state index contributed by atoms with van der Waals surface area (Å²) in [6.45, 7) is 6.79. The number of rotatable bonds is 12. The molecule has 5 N–H and O–H groups in total. The van der Waals surface area contributed by atoms with Crippen LogP contribution in [0, 0.1) is 11.3 Å². The van der Waals surface area contributed by atoms with Crippen molar-refractivity contribution in [3.63, 3.8) is 0 Å². The lowest BCUT2D eigenvalue weighted by Gasteiger charge is -2.19. The number of aromatic nitrogens is 1. The van der Waals surface area contributed by atoms with Gasteiger partial charge in [0.15, 0.2) is 0 Å². The summed E-state index contributed by atoms with van der Waals surface area (Å²) < 4.78 is 61.3. The van der Waals surface area contributed by atoms with Gasteiger partial charge in [0.2, 0.25) is 11.8 Å². The van der Waals surface area contributed by atoms with Crippen LogP contribution in [0.3, 0.4) is 0 Å². The van der Waals surface area contributed by atoms with E-state index < -0.39 is 18.6 Å². The van der Waals surface area contributed by atoms with Crippen LogP contribution in [0.5, 0.6) is 5.88 Å². The average molecular weight is 568 g/mol. The number of nitrogens with one attached hydrogen (secondary N) is 3. The summed E-state index contributed by atoms with van der Waals surface area (Å²) in [7, 11) is 0. The zero-order valence-corrected chi connectivity index (χ0v) is 22.5. The van der Waals surface area contributed by atoms with Gasteiger partial charge in [-0.3, -0.25) is 5.41 Å². The highest BCUT2D eigenvalue weighted by atomic mass is 19.4. The van der Waals surface area contributed by atoms with Crippen molar-refractivity contribution in [1.82, 2.24) is 15.6 Å². The molecule has 0 aliphatic carbocycles. The Hall–Kier alpha value is -4.18. The maximum Gasteiger partial charge on any atom is 0.393 e. The van der Waals surface area contributed by atoms with Crippen LogP contribution >= 0.6 is 0 Å². The first-order chi connectivity index (χ1) is 19.6. The molecule has 0 bridgehead atoms. The van der Waals surface area contributed by atoms with Gasteiger partial charge in [0.25, 0.3) is 0 Å². The molecule has 2 heterocycles. The first kappa shape index (κ1) is 29.8. The topological polar surface area (TPSA) is 96.0 Å². The molecule has 0 radical (unpaired) electrons. The van der Waals surface area contributed by atoms with Crippen molar-refractivity contribution in [3.8, 4) is 5.88 Å².